The number of hydrogen-bond donors (Lipinski definition) is 2. The minimum atomic E-state index is -0.390. The highest BCUT2D eigenvalue weighted by Crippen LogP contribution is 2.17. The van der Waals surface area contributed by atoms with Crippen LogP contribution in [0.3, 0.4) is 0 Å². The first-order valence-electron chi connectivity index (χ1n) is 8.04. The molecule has 0 unspecified atom stereocenters. The monoisotopic (exact) mass is 348 g/mol. The molecule has 0 aliphatic carbocycles. The van der Waals surface area contributed by atoms with Crippen molar-refractivity contribution in [3.05, 3.63) is 54.6 Å². The largest absolute Gasteiger partial charge is 0.497 e. The quantitative estimate of drug-likeness (QED) is 0.664. The Bertz CT molecular complexity index is 825. The topological polar surface area (TPSA) is 98.7 Å². The molecule has 2 aromatic carbocycles. The number of carbonyl (C=O) groups is 1. The summed E-state index contributed by atoms with van der Waals surface area (Å²) in [5.74, 6) is 0.342. The summed E-state index contributed by atoms with van der Waals surface area (Å²) < 4.78 is 5.08. The average molecular weight is 348 g/mol. The molecule has 132 valence electrons. The lowest BCUT2D eigenvalue weighted by Gasteiger charge is -2.04. The van der Waals surface area contributed by atoms with E-state index in [2.05, 4.69) is 9.98 Å². The van der Waals surface area contributed by atoms with Gasteiger partial charge in [0.2, 0.25) is 0 Å². The molecule has 0 amide bonds. The van der Waals surface area contributed by atoms with E-state index in [0.29, 0.717) is 11.4 Å². The number of ketones is 1. The number of ether oxygens (including phenoxy) is 1. The Morgan fingerprint density at radius 3 is 2.35 bits per heavy atom. The van der Waals surface area contributed by atoms with Crippen molar-refractivity contribution >= 4 is 41.0 Å². The molecule has 0 aliphatic heterocycles. The number of carbonyl (C=O) groups excluding carboxylic acids is 1. The number of Topliss-reactive ketones (excluding diaryl/α,β-unsaturated/α-hetero) is 1. The van der Waals surface area contributed by atoms with Crippen LogP contribution < -0.4 is 4.74 Å². The summed E-state index contributed by atoms with van der Waals surface area (Å²) in [5.41, 5.74) is 1.42. The maximum Gasteiger partial charge on any atom is 0.187 e. The molecule has 26 heavy (non-hydrogen) atoms. The van der Waals surface area contributed by atoms with Gasteiger partial charge in [0, 0.05) is 25.3 Å². The maximum absolute atomic E-state index is 12.2. The first kappa shape index (κ1) is 18.9. The zero-order valence-electron chi connectivity index (χ0n) is 14.5. The predicted octanol–water partition coefficient (Wildman–Crippen LogP) is 4.19. The summed E-state index contributed by atoms with van der Waals surface area (Å²) in [6, 6.07) is 16.2. The van der Waals surface area contributed by atoms with Crippen LogP contribution in [0.2, 0.25) is 0 Å². The normalized spacial score (nSPS) is 11.3. The summed E-state index contributed by atoms with van der Waals surface area (Å²) in [6.45, 7) is 0. The molecule has 0 atom stereocenters. The highest BCUT2D eigenvalue weighted by molar-refractivity contribution is 6.68. The molecule has 0 radical (unpaired) electrons. The van der Waals surface area contributed by atoms with Gasteiger partial charge < -0.3 is 10.1 Å². The van der Waals surface area contributed by atoms with Crippen LogP contribution in [0.1, 0.15) is 12.8 Å². The first-order chi connectivity index (χ1) is 12.6. The Balaban J connectivity index is 2.03. The second kappa shape index (κ2) is 9.78. The number of nitrogens with one attached hydrogen (secondary N) is 2. The summed E-state index contributed by atoms with van der Waals surface area (Å²) in [5, 5.41) is 15.3. The predicted molar refractivity (Wildman–Crippen MR) is 105 cm³/mol. The molecule has 2 rings (SSSR count). The summed E-state index contributed by atoms with van der Waals surface area (Å²) in [6.07, 6.45) is 2.74. The zero-order valence-corrected chi connectivity index (χ0v) is 14.5. The van der Waals surface area contributed by atoms with E-state index in [4.69, 9.17) is 15.6 Å². The molecule has 0 saturated carbocycles. The first-order valence-corrected chi connectivity index (χ1v) is 8.04. The SMILES string of the molecule is COc1ccc(N=CCC(=O)C(=N)C(CC=N)=Nc2ccccc2)cc1. The van der Waals surface area contributed by atoms with Crippen LogP contribution in [0.5, 0.6) is 5.75 Å². The van der Waals surface area contributed by atoms with Gasteiger partial charge in [0.05, 0.1) is 24.2 Å². The molecule has 0 saturated heterocycles. The van der Waals surface area contributed by atoms with Gasteiger partial charge in [-0.1, -0.05) is 18.2 Å². The van der Waals surface area contributed by atoms with Crippen molar-refractivity contribution in [1.82, 2.24) is 0 Å². The van der Waals surface area contributed by atoms with E-state index >= 15 is 0 Å². The Hall–Kier alpha value is -3.41. The lowest BCUT2D eigenvalue weighted by molar-refractivity contribution is -0.111. The number of methoxy groups -OCH3 is 1. The van der Waals surface area contributed by atoms with Crippen molar-refractivity contribution in [3.63, 3.8) is 0 Å². The highest BCUT2D eigenvalue weighted by Gasteiger charge is 2.14. The van der Waals surface area contributed by atoms with Crippen molar-refractivity contribution in [3.8, 4) is 5.75 Å². The van der Waals surface area contributed by atoms with Gasteiger partial charge in [0.15, 0.2) is 5.78 Å². The summed E-state index contributed by atoms with van der Waals surface area (Å²) in [7, 11) is 1.59. The van der Waals surface area contributed by atoms with Crippen LogP contribution in [0.15, 0.2) is 64.6 Å². The molecule has 2 aromatic rings. The van der Waals surface area contributed by atoms with Crippen molar-refractivity contribution in [2.45, 2.75) is 12.8 Å². The van der Waals surface area contributed by atoms with Gasteiger partial charge in [-0.15, -0.1) is 0 Å². The van der Waals surface area contributed by atoms with E-state index in [1.165, 1.54) is 6.21 Å². The van der Waals surface area contributed by atoms with Gasteiger partial charge in [-0.3, -0.25) is 20.2 Å². The summed E-state index contributed by atoms with van der Waals surface area (Å²) >= 11 is 0. The Morgan fingerprint density at radius 2 is 1.73 bits per heavy atom. The lowest BCUT2D eigenvalue weighted by Crippen LogP contribution is -2.23. The fraction of sp³-hybridized carbons (Fsp3) is 0.150. The number of nitrogens with zero attached hydrogens (tertiary/aromatic N) is 2. The van der Waals surface area contributed by atoms with E-state index in [9.17, 15) is 4.79 Å². The van der Waals surface area contributed by atoms with Gasteiger partial charge >= 0.3 is 0 Å². The fourth-order valence-electron chi connectivity index (χ4n) is 2.12. The molecule has 0 aliphatic rings. The minimum Gasteiger partial charge on any atom is -0.497 e. The molecule has 6 heteroatoms. The Morgan fingerprint density at radius 1 is 1.04 bits per heavy atom. The van der Waals surface area contributed by atoms with E-state index in [1.54, 1.807) is 43.5 Å². The number of hydrogen-bond acceptors (Lipinski definition) is 6. The van der Waals surface area contributed by atoms with Crippen LogP contribution in [-0.2, 0) is 4.79 Å². The molecule has 0 heterocycles. The molecule has 0 aromatic heterocycles. The third-order valence-electron chi connectivity index (χ3n) is 3.47. The molecule has 0 fully saturated rings. The van der Waals surface area contributed by atoms with E-state index < -0.39 is 5.78 Å². The third-order valence-corrected chi connectivity index (χ3v) is 3.47. The molecule has 2 N–H and O–H groups in total. The second-order valence-corrected chi connectivity index (χ2v) is 5.31. The van der Waals surface area contributed by atoms with E-state index in [-0.39, 0.29) is 24.3 Å². The van der Waals surface area contributed by atoms with Gasteiger partial charge in [-0.2, -0.15) is 0 Å². The van der Waals surface area contributed by atoms with Gasteiger partial charge in [0.25, 0.3) is 0 Å². The standard InChI is InChI=1S/C20H20N4O2/c1-26-17-9-7-15(8-10-17)23-14-12-19(25)20(22)18(11-13-21)24-16-5-3-2-4-6-16/h2-10,13-14,21-22H,11-12H2,1H3. The van der Waals surface area contributed by atoms with E-state index in [1.807, 2.05) is 18.2 Å². The zero-order chi connectivity index (χ0) is 18.8. The van der Waals surface area contributed by atoms with Crippen molar-refractivity contribution in [1.29, 1.82) is 10.8 Å². The lowest BCUT2D eigenvalue weighted by atomic mass is 10.1. The molecular weight excluding hydrogens is 328 g/mol. The van der Waals surface area contributed by atoms with Crippen molar-refractivity contribution in [2.24, 2.45) is 9.98 Å². The molecule has 6 nitrogen and oxygen atoms in total. The highest BCUT2D eigenvalue weighted by atomic mass is 16.5. The van der Waals surface area contributed by atoms with Crippen LogP contribution in [0, 0.1) is 10.8 Å². The second-order valence-electron chi connectivity index (χ2n) is 5.31. The van der Waals surface area contributed by atoms with Gasteiger partial charge in [-0.05, 0) is 36.4 Å². The number of rotatable bonds is 9. The van der Waals surface area contributed by atoms with Crippen LogP contribution in [-0.4, -0.2) is 36.7 Å². The minimum absolute atomic E-state index is 0.00330. The smallest absolute Gasteiger partial charge is 0.187 e. The summed E-state index contributed by atoms with van der Waals surface area (Å²) in [4.78, 5) is 20.8. The third kappa shape index (κ3) is 5.59. The van der Waals surface area contributed by atoms with Crippen LogP contribution in [0.25, 0.3) is 0 Å². The fourth-order valence-corrected chi connectivity index (χ4v) is 2.12. The number of benzene rings is 2. The Labute approximate surface area is 152 Å². The van der Waals surface area contributed by atoms with Crippen molar-refractivity contribution in [2.75, 3.05) is 7.11 Å². The number of para-hydroxylation sites is 1. The van der Waals surface area contributed by atoms with Crippen LogP contribution >= 0.6 is 0 Å². The number of aliphatic imine (C=N–C) groups is 2. The maximum atomic E-state index is 12.2. The average Bonchev–Trinajstić information content (AvgIpc) is 2.68. The molecule has 0 bridgehead atoms. The molecular formula is C20H20N4O2. The van der Waals surface area contributed by atoms with E-state index in [0.717, 1.165) is 12.0 Å². The van der Waals surface area contributed by atoms with Gasteiger partial charge in [0.1, 0.15) is 11.5 Å². The van der Waals surface area contributed by atoms with Crippen molar-refractivity contribution < 1.29 is 9.53 Å². The Kier molecular flexibility index (Phi) is 7.12. The van der Waals surface area contributed by atoms with Gasteiger partial charge in [-0.25, -0.2) is 0 Å². The van der Waals surface area contributed by atoms with Crippen LogP contribution in [0.4, 0.5) is 11.4 Å². The molecule has 0 spiro atoms.